The van der Waals surface area contributed by atoms with E-state index in [1.165, 1.54) is 0 Å². The Bertz CT molecular complexity index is 1050. The summed E-state index contributed by atoms with van der Waals surface area (Å²) in [7, 11) is 3.13. The molecule has 6 heteroatoms. The highest BCUT2D eigenvalue weighted by atomic mass is 16.5. The first kappa shape index (κ1) is 20.0. The minimum atomic E-state index is -0.251. The van der Waals surface area contributed by atoms with Crippen LogP contribution in [-0.4, -0.2) is 26.0 Å². The van der Waals surface area contributed by atoms with Gasteiger partial charge in [-0.2, -0.15) is 0 Å². The van der Waals surface area contributed by atoms with Gasteiger partial charge in [-0.15, -0.1) is 0 Å². The molecule has 6 nitrogen and oxygen atoms in total. The van der Waals surface area contributed by atoms with Gasteiger partial charge in [0.05, 0.1) is 26.2 Å². The molecule has 4 rings (SSSR count). The summed E-state index contributed by atoms with van der Waals surface area (Å²) in [5.41, 5.74) is 2.06. The molecule has 2 aromatic carbocycles. The third-order valence-electron chi connectivity index (χ3n) is 5.34. The van der Waals surface area contributed by atoms with Crippen molar-refractivity contribution < 1.29 is 28.5 Å². The van der Waals surface area contributed by atoms with Gasteiger partial charge in [-0.1, -0.05) is 19.9 Å². The first-order valence-corrected chi connectivity index (χ1v) is 9.95. The van der Waals surface area contributed by atoms with Crippen LogP contribution in [0.3, 0.4) is 0 Å². The van der Waals surface area contributed by atoms with E-state index >= 15 is 0 Å². The van der Waals surface area contributed by atoms with Gasteiger partial charge < -0.3 is 18.9 Å². The van der Waals surface area contributed by atoms with Crippen LogP contribution >= 0.6 is 0 Å². The van der Waals surface area contributed by atoms with E-state index in [9.17, 15) is 9.59 Å². The lowest BCUT2D eigenvalue weighted by Gasteiger charge is -2.27. The van der Waals surface area contributed by atoms with Gasteiger partial charge in [-0.3, -0.25) is 9.59 Å². The molecule has 2 aliphatic heterocycles. The molecule has 0 N–H and O–H groups in total. The molecule has 2 heterocycles. The molecule has 0 aliphatic carbocycles. The van der Waals surface area contributed by atoms with Crippen molar-refractivity contribution in [1.29, 1.82) is 0 Å². The van der Waals surface area contributed by atoms with E-state index in [-0.39, 0.29) is 29.9 Å². The fraction of sp³-hybridized carbons (Fsp3) is 0.333. The monoisotopic (exact) mass is 408 g/mol. The molecule has 0 spiro atoms. The quantitative estimate of drug-likeness (QED) is 0.404. The minimum absolute atomic E-state index is 0.0376. The number of ether oxygens (including phenoxy) is 4. The van der Waals surface area contributed by atoms with Crippen LogP contribution in [0.1, 0.15) is 54.1 Å². The highest BCUT2D eigenvalue weighted by Crippen LogP contribution is 2.48. The molecular weight excluding hydrogens is 384 g/mol. The molecule has 0 aromatic heterocycles. The molecule has 1 unspecified atom stereocenters. The number of hydrogen-bond donors (Lipinski definition) is 0. The number of esters is 1. The van der Waals surface area contributed by atoms with Gasteiger partial charge in [0.2, 0.25) is 5.78 Å². The highest BCUT2D eigenvalue weighted by molar-refractivity contribution is 6.15. The first-order valence-electron chi connectivity index (χ1n) is 9.95. The number of fused-ring (bicyclic) bond motifs is 3. The highest BCUT2D eigenvalue weighted by Gasteiger charge is 2.38. The molecule has 30 heavy (non-hydrogen) atoms. The maximum atomic E-state index is 13.0. The van der Waals surface area contributed by atoms with Crippen LogP contribution in [0.15, 0.2) is 36.1 Å². The van der Waals surface area contributed by atoms with Crippen molar-refractivity contribution in [2.45, 2.75) is 32.6 Å². The Morgan fingerprint density at radius 3 is 2.53 bits per heavy atom. The molecule has 0 bridgehead atoms. The van der Waals surface area contributed by atoms with Crippen LogP contribution in [0.2, 0.25) is 0 Å². The number of Topliss-reactive ketones (excluding diaryl/α,β-unsaturated/α-hetero) is 1. The number of hydrogen-bond acceptors (Lipinski definition) is 6. The zero-order chi connectivity index (χ0) is 21.4. The maximum Gasteiger partial charge on any atom is 0.311 e. The smallest absolute Gasteiger partial charge is 0.311 e. The lowest BCUT2D eigenvalue weighted by Crippen LogP contribution is -2.21. The molecule has 2 aromatic rings. The Labute approximate surface area is 175 Å². The van der Waals surface area contributed by atoms with Gasteiger partial charge in [0, 0.05) is 11.5 Å². The Hall–Kier alpha value is -3.28. The van der Waals surface area contributed by atoms with Gasteiger partial charge in [0.1, 0.15) is 11.5 Å². The molecule has 156 valence electrons. The average Bonchev–Trinajstić information content (AvgIpc) is 3.02. The van der Waals surface area contributed by atoms with E-state index in [0.717, 1.165) is 17.5 Å². The van der Waals surface area contributed by atoms with Crippen molar-refractivity contribution in [2.24, 2.45) is 5.92 Å². The van der Waals surface area contributed by atoms with Crippen molar-refractivity contribution >= 4 is 17.8 Å². The van der Waals surface area contributed by atoms with Crippen molar-refractivity contribution in [1.82, 2.24) is 0 Å². The number of carbonyl (C=O) groups is 2. The second-order valence-electron chi connectivity index (χ2n) is 7.91. The predicted molar refractivity (Wildman–Crippen MR) is 111 cm³/mol. The summed E-state index contributed by atoms with van der Waals surface area (Å²) in [5.74, 6) is 2.29. The Balaban J connectivity index is 1.73. The van der Waals surface area contributed by atoms with Crippen LogP contribution < -0.4 is 18.9 Å². The standard InChI is InChI=1S/C24H24O6/c1-13(2)9-15-12-21(25)29-18-8-6-16-23(26)20(30-24(16)22(15)18)11-14-5-7-17(27-3)19(10-14)28-4/h5-8,10-11,13,15H,9,12H2,1-4H3/b20-11-. The number of carbonyl (C=O) groups excluding carboxylic acids is 2. The van der Waals surface area contributed by atoms with E-state index in [0.29, 0.717) is 34.5 Å². The lowest BCUT2D eigenvalue weighted by molar-refractivity contribution is -0.136. The number of ketones is 1. The van der Waals surface area contributed by atoms with E-state index < -0.39 is 0 Å². The number of benzene rings is 2. The molecule has 0 saturated carbocycles. The van der Waals surface area contributed by atoms with Gasteiger partial charge in [-0.25, -0.2) is 0 Å². The summed E-state index contributed by atoms with van der Waals surface area (Å²) in [6.45, 7) is 4.22. The van der Waals surface area contributed by atoms with Crippen molar-refractivity contribution in [3.05, 3.63) is 52.8 Å². The van der Waals surface area contributed by atoms with E-state index in [1.807, 2.05) is 6.07 Å². The normalized spacial score (nSPS) is 18.7. The summed E-state index contributed by atoms with van der Waals surface area (Å²) >= 11 is 0. The fourth-order valence-corrected chi connectivity index (χ4v) is 4.06. The van der Waals surface area contributed by atoms with Gasteiger partial charge in [0.15, 0.2) is 17.3 Å². The molecule has 0 radical (unpaired) electrons. The van der Waals surface area contributed by atoms with Crippen LogP contribution in [0, 0.1) is 5.92 Å². The topological polar surface area (TPSA) is 71.1 Å². The third-order valence-corrected chi connectivity index (χ3v) is 5.34. The minimum Gasteiger partial charge on any atom is -0.493 e. The molecular formula is C24H24O6. The van der Waals surface area contributed by atoms with Gasteiger partial charge >= 0.3 is 5.97 Å². The first-order chi connectivity index (χ1) is 14.4. The largest absolute Gasteiger partial charge is 0.493 e. The van der Waals surface area contributed by atoms with Gasteiger partial charge in [-0.05, 0) is 48.2 Å². The van der Waals surface area contributed by atoms with E-state index in [1.54, 1.807) is 44.6 Å². The van der Waals surface area contributed by atoms with Crippen LogP contribution in [0.5, 0.6) is 23.0 Å². The van der Waals surface area contributed by atoms with Gasteiger partial charge in [0.25, 0.3) is 0 Å². The molecule has 2 aliphatic rings. The zero-order valence-corrected chi connectivity index (χ0v) is 17.5. The van der Waals surface area contributed by atoms with Crippen molar-refractivity contribution in [2.75, 3.05) is 14.2 Å². The second-order valence-corrected chi connectivity index (χ2v) is 7.91. The van der Waals surface area contributed by atoms with Crippen molar-refractivity contribution in [3.8, 4) is 23.0 Å². The number of rotatable bonds is 5. The predicted octanol–water partition coefficient (Wildman–Crippen LogP) is 4.76. The van der Waals surface area contributed by atoms with E-state index in [4.69, 9.17) is 18.9 Å². The second kappa shape index (κ2) is 7.86. The summed E-state index contributed by atoms with van der Waals surface area (Å²) < 4.78 is 22.1. The van der Waals surface area contributed by atoms with Crippen LogP contribution in [0.25, 0.3) is 6.08 Å². The Morgan fingerprint density at radius 1 is 1.07 bits per heavy atom. The molecule has 0 saturated heterocycles. The summed E-state index contributed by atoms with van der Waals surface area (Å²) in [5, 5.41) is 0. The summed E-state index contributed by atoms with van der Waals surface area (Å²) in [4.78, 5) is 25.0. The van der Waals surface area contributed by atoms with E-state index in [2.05, 4.69) is 13.8 Å². The number of allylic oxidation sites excluding steroid dienone is 1. The zero-order valence-electron chi connectivity index (χ0n) is 17.5. The number of methoxy groups -OCH3 is 2. The maximum absolute atomic E-state index is 13.0. The Morgan fingerprint density at radius 2 is 1.83 bits per heavy atom. The van der Waals surface area contributed by atoms with Crippen molar-refractivity contribution in [3.63, 3.8) is 0 Å². The Kier molecular flexibility index (Phi) is 5.24. The lowest BCUT2D eigenvalue weighted by atomic mass is 9.84. The summed E-state index contributed by atoms with van der Waals surface area (Å²) in [6, 6.07) is 8.74. The molecule has 0 amide bonds. The SMILES string of the molecule is COc1ccc(/C=C2\Oc3c(ccc4c3C(CC(C)C)CC(=O)O4)C2=O)cc1OC. The molecule has 0 fully saturated rings. The molecule has 1 atom stereocenters. The third kappa shape index (κ3) is 3.54. The van der Waals surface area contributed by atoms with Crippen LogP contribution in [-0.2, 0) is 4.79 Å². The van der Waals surface area contributed by atoms with Crippen LogP contribution in [0.4, 0.5) is 0 Å². The fourth-order valence-electron chi connectivity index (χ4n) is 4.06. The summed E-state index contributed by atoms with van der Waals surface area (Å²) in [6.07, 6.45) is 2.78. The average molecular weight is 408 g/mol.